The Kier molecular flexibility index (Phi) is 9.46. The Morgan fingerprint density at radius 1 is 1.20 bits per heavy atom. The lowest BCUT2D eigenvalue weighted by Crippen LogP contribution is -2.38. The van der Waals surface area contributed by atoms with Crippen LogP contribution in [0.1, 0.15) is 34.1 Å². The first kappa shape index (κ1) is 16.6. The van der Waals surface area contributed by atoms with Crippen molar-refractivity contribution in [2.24, 2.45) is 5.73 Å². The molecule has 0 bridgehead atoms. The molecule has 0 amide bonds. The number of hydrogen-bond acceptors (Lipinski definition) is 5. The predicted octanol–water partition coefficient (Wildman–Crippen LogP) is -0.370. The predicted molar refractivity (Wildman–Crippen MR) is 57.3 cm³/mol. The average molecular weight is 219 g/mol. The van der Waals surface area contributed by atoms with Gasteiger partial charge in [-0.05, 0) is 27.7 Å². The molecule has 0 aromatic carbocycles. The molecule has 15 heavy (non-hydrogen) atoms. The number of aliphatic hydroxyl groups is 2. The molecular weight excluding hydrogens is 198 g/mol. The Morgan fingerprint density at radius 2 is 1.60 bits per heavy atom. The van der Waals surface area contributed by atoms with Crippen LogP contribution in [0.25, 0.3) is 0 Å². The Bertz CT molecular complexity index is 202. The zero-order chi connectivity index (χ0) is 12.6. The van der Waals surface area contributed by atoms with Crippen molar-refractivity contribution >= 4 is 11.6 Å². The number of aliphatic hydroxyl groups excluding tert-OH is 2. The summed E-state index contributed by atoms with van der Waals surface area (Å²) in [6.07, 6.45) is -0.926. The standard InChI is InChI=1S/C5H11NO2.C5H10O2/c1-3(7)5(6)4(2)8;1-4(6)3-5(2)7/h3,5,7H,6H2,1-2H3;4,6H,3H2,1-2H3. The Hall–Kier alpha value is -0.780. The average Bonchev–Trinajstić information content (AvgIpc) is 2.00. The van der Waals surface area contributed by atoms with Gasteiger partial charge in [-0.3, -0.25) is 9.59 Å². The highest BCUT2D eigenvalue weighted by Crippen LogP contribution is 1.88. The molecule has 0 aliphatic heterocycles. The summed E-state index contributed by atoms with van der Waals surface area (Å²) < 4.78 is 0. The Morgan fingerprint density at radius 3 is 1.60 bits per heavy atom. The van der Waals surface area contributed by atoms with Crippen molar-refractivity contribution in [1.82, 2.24) is 0 Å². The number of rotatable bonds is 4. The summed E-state index contributed by atoms with van der Waals surface area (Å²) in [5.41, 5.74) is 5.16. The van der Waals surface area contributed by atoms with Crippen LogP contribution in [0.15, 0.2) is 0 Å². The van der Waals surface area contributed by atoms with E-state index in [0.29, 0.717) is 0 Å². The van der Waals surface area contributed by atoms with Gasteiger partial charge in [0.1, 0.15) is 11.6 Å². The quantitative estimate of drug-likeness (QED) is 0.599. The van der Waals surface area contributed by atoms with E-state index in [-0.39, 0.29) is 18.0 Å². The summed E-state index contributed by atoms with van der Waals surface area (Å²) in [4.78, 5) is 20.4. The molecule has 90 valence electrons. The molecule has 0 heterocycles. The minimum atomic E-state index is -0.729. The van der Waals surface area contributed by atoms with Crippen molar-refractivity contribution < 1.29 is 19.8 Å². The van der Waals surface area contributed by atoms with Crippen molar-refractivity contribution in [2.45, 2.75) is 52.4 Å². The molecule has 0 fully saturated rings. The third-order valence-corrected chi connectivity index (χ3v) is 1.57. The maximum absolute atomic E-state index is 10.3. The third-order valence-electron chi connectivity index (χ3n) is 1.57. The summed E-state index contributed by atoms with van der Waals surface area (Å²) in [5.74, 6) is -0.144. The van der Waals surface area contributed by atoms with E-state index in [0.717, 1.165) is 0 Å². The van der Waals surface area contributed by atoms with Crippen molar-refractivity contribution in [1.29, 1.82) is 0 Å². The molecule has 0 aromatic rings. The fraction of sp³-hybridized carbons (Fsp3) is 0.800. The van der Waals surface area contributed by atoms with E-state index in [1.165, 1.54) is 20.8 Å². The molecule has 4 N–H and O–H groups in total. The largest absolute Gasteiger partial charge is 0.393 e. The first-order valence-electron chi connectivity index (χ1n) is 4.80. The van der Waals surface area contributed by atoms with E-state index >= 15 is 0 Å². The molecule has 5 heteroatoms. The number of hydrogen-bond donors (Lipinski definition) is 3. The second-order valence-electron chi connectivity index (χ2n) is 3.63. The van der Waals surface area contributed by atoms with E-state index < -0.39 is 18.2 Å². The molecule has 0 saturated carbocycles. The molecule has 0 rings (SSSR count). The van der Waals surface area contributed by atoms with Gasteiger partial charge in [0, 0.05) is 6.42 Å². The van der Waals surface area contributed by atoms with Crippen LogP contribution in [0.2, 0.25) is 0 Å². The fourth-order valence-electron chi connectivity index (χ4n) is 0.756. The molecular formula is C10H21NO4. The summed E-state index contributed by atoms with van der Waals surface area (Å²) in [7, 11) is 0. The van der Waals surface area contributed by atoms with Crippen LogP contribution in [0.5, 0.6) is 0 Å². The molecule has 3 unspecified atom stereocenters. The number of nitrogens with two attached hydrogens (primary N) is 1. The van der Waals surface area contributed by atoms with Gasteiger partial charge in [-0.1, -0.05) is 0 Å². The zero-order valence-corrected chi connectivity index (χ0v) is 9.73. The molecule has 0 spiro atoms. The van der Waals surface area contributed by atoms with Gasteiger partial charge in [0.25, 0.3) is 0 Å². The molecule has 0 radical (unpaired) electrons. The maximum Gasteiger partial charge on any atom is 0.149 e. The second-order valence-corrected chi connectivity index (χ2v) is 3.63. The molecule has 5 nitrogen and oxygen atoms in total. The second kappa shape index (κ2) is 8.52. The van der Waals surface area contributed by atoms with E-state index in [4.69, 9.17) is 15.9 Å². The lowest BCUT2D eigenvalue weighted by atomic mass is 10.1. The van der Waals surface area contributed by atoms with E-state index in [9.17, 15) is 9.59 Å². The van der Waals surface area contributed by atoms with Crippen LogP contribution in [0.3, 0.4) is 0 Å². The maximum atomic E-state index is 10.3. The van der Waals surface area contributed by atoms with Gasteiger partial charge in [-0.2, -0.15) is 0 Å². The Balaban J connectivity index is 0. The van der Waals surface area contributed by atoms with Crippen LogP contribution in [0.4, 0.5) is 0 Å². The van der Waals surface area contributed by atoms with Gasteiger partial charge < -0.3 is 15.9 Å². The fourth-order valence-corrected chi connectivity index (χ4v) is 0.756. The van der Waals surface area contributed by atoms with Crippen LogP contribution in [0, 0.1) is 0 Å². The molecule has 0 aromatic heterocycles. The highest BCUT2D eigenvalue weighted by atomic mass is 16.3. The lowest BCUT2D eigenvalue weighted by Gasteiger charge is -2.08. The van der Waals surface area contributed by atoms with Gasteiger partial charge in [-0.25, -0.2) is 0 Å². The summed E-state index contributed by atoms with van der Waals surface area (Å²) in [5, 5.41) is 17.1. The minimum absolute atomic E-state index is 0.0370. The van der Waals surface area contributed by atoms with Crippen molar-refractivity contribution in [3.63, 3.8) is 0 Å². The van der Waals surface area contributed by atoms with Crippen molar-refractivity contribution in [3.05, 3.63) is 0 Å². The third kappa shape index (κ3) is 13.2. The van der Waals surface area contributed by atoms with Gasteiger partial charge in [-0.15, -0.1) is 0 Å². The monoisotopic (exact) mass is 219 g/mol. The highest BCUT2D eigenvalue weighted by Gasteiger charge is 2.12. The number of ketones is 2. The molecule has 0 aliphatic carbocycles. The SMILES string of the molecule is CC(=O)C(N)C(C)O.CC(=O)CC(C)O. The molecule has 0 saturated heterocycles. The van der Waals surface area contributed by atoms with Gasteiger partial charge in [0.05, 0.1) is 18.2 Å². The van der Waals surface area contributed by atoms with E-state index in [1.807, 2.05) is 0 Å². The normalized spacial score (nSPS) is 15.7. The smallest absolute Gasteiger partial charge is 0.149 e. The summed E-state index contributed by atoms with van der Waals surface area (Å²) in [6.45, 7) is 5.91. The van der Waals surface area contributed by atoms with Gasteiger partial charge in [0.2, 0.25) is 0 Å². The first-order chi connectivity index (χ1) is 6.68. The van der Waals surface area contributed by atoms with Crippen LogP contribution in [-0.4, -0.2) is 40.0 Å². The topological polar surface area (TPSA) is 101 Å². The Labute approximate surface area is 90.3 Å². The van der Waals surface area contributed by atoms with E-state index in [2.05, 4.69) is 0 Å². The molecule has 0 aliphatic rings. The number of Topliss-reactive ketones (excluding diaryl/α,β-unsaturated/α-hetero) is 2. The first-order valence-corrected chi connectivity index (χ1v) is 4.80. The summed E-state index contributed by atoms with van der Waals surface area (Å²) in [6, 6.07) is -0.713. The van der Waals surface area contributed by atoms with Crippen molar-refractivity contribution in [3.8, 4) is 0 Å². The number of carbonyl (C=O) groups excluding carboxylic acids is 2. The van der Waals surface area contributed by atoms with Crippen molar-refractivity contribution in [2.75, 3.05) is 0 Å². The zero-order valence-electron chi connectivity index (χ0n) is 9.73. The van der Waals surface area contributed by atoms with Crippen LogP contribution >= 0.6 is 0 Å². The lowest BCUT2D eigenvalue weighted by molar-refractivity contribution is -0.120. The highest BCUT2D eigenvalue weighted by molar-refractivity contribution is 5.81. The number of carbonyl (C=O) groups is 2. The van der Waals surface area contributed by atoms with Crippen LogP contribution in [-0.2, 0) is 9.59 Å². The van der Waals surface area contributed by atoms with Gasteiger partial charge >= 0.3 is 0 Å². The van der Waals surface area contributed by atoms with E-state index in [1.54, 1.807) is 6.92 Å². The van der Waals surface area contributed by atoms with Gasteiger partial charge in [0.15, 0.2) is 0 Å². The summed E-state index contributed by atoms with van der Waals surface area (Å²) >= 11 is 0. The molecule has 3 atom stereocenters. The van der Waals surface area contributed by atoms with Crippen LogP contribution < -0.4 is 5.73 Å². The minimum Gasteiger partial charge on any atom is -0.393 e.